The first-order valence-electron chi connectivity index (χ1n) is 10.3. The maximum atomic E-state index is 14.0. The molecule has 33 heavy (non-hydrogen) atoms. The van der Waals surface area contributed by atoms with Gasteiger partial charge in [-0.2, -0.15) is 4.31 Å². The standard InChI is InChI=1S/C22H21F2N3O5S/c1-14(20-25-26-21(32-20)15-5-3-2-4-6-15)31-22(28)16-9-11-27(12-10-16)33(29,30)19-13-17(23)7-8-18(19)24/h2-8,13-14,16H,9-12H2,1H3. The lowest BCUT2D eigenvalue weighted by atomic mass is 9.98. The van der Waals surface area contributed by atoms with Gasteiger partial charge in [-0.1, -0.05) is 18.2 Å². The number of rotatable bonds is 6. The Bertz CT molecular complexity index is 1240. The molecule has 174 valence electrons. The molecule has 0 radical (unpaired) electrons. The van der Waals surface area contributed by atoms with E-state index in [-0.39, 0.29) is 31.8 Å². The summed E-state index contributed by atoms with van der Waals surface area (Å²) in [5.74, 6) is -2.50. The molecule has 1 aliphatic rings. The Morgan fingerprint density at radius 2 is 1.82 bits per heavy atom. The summed E-state index contributed by atoms with van der Waals surface area (Å²) >= 11 is 0. The number of halogens is 2. The average molecular weight is 477 g/mol. The number of carbonyl (C=O) groups is 1. The van der Waals surface area contributed by atoms with Crippen LogP contribution in [0.15, 0.2) is 57.8 Å². The molecule has 1 atom stereocenters. The molecule has 11 heteroatoms. The molecule has 0 amide bonds. The molecule has 0 bridgehead atoms. The van der Waals surface area contributed by atoms with Crippen molar-refractivity contribution in [1.29, 1.82) is 0 Å². The summed E-state index contributed by atoms with van der Waals surface area (Å²) < 4.78 is 64.9. The fourth-order valence-corrected chi connectivity index (χ4v) is 5.11. The van der Waals surface area contributed by atoms with Crippen molar-refractivity contribution in [2.45, 2.75) is 30.8 Å². The summed E-state index contributed by atoms with van der Waals surface area (Å²) in [6, 6.07) is 11.4. The van der Waals surface area contributed by atoms with Crippen LogP contribution in [0.2, 0.25) is 0 Å². The van der Waals surface area contributed by atoms with Crippen molar-refractivity contribution in [1.82, 2.24) is 14.5 Å². The van der Waals surface area contributed by atoms with Gasteiger partial charge < -0.3 is 9.15 Å². The molecule has 0 spiro atoms. The molecule has 1 aliphatic heterocycles. The van der Waals surface area contributed by atoms with Gasteiger partial charge in [-0.05, 0) is 50.1 Å². The average Bonchev–Trinajstić information content (AvgIpc) is 3.32. The number of esters is 1. The highest BCUT2D eigenvalue weighted by Crippen LogP contribution is 2.28. The minimum absolute atomic E-state index is 0.0227. The quantitative estimate of drug-likeness (QED) is 0.499. The van der Waals surface area contributed by atoms with Crippen LogP contribution in [0.3, 0.4) is 0 Å². The van der Waals surface area contributed by atoms with Crippen LogP contribution in [0.25, 0.3) is 11.5 Å². The number of nitrogens with zero attached hydrogens (tertiary/aromatic N) is 3. The Morgan fingerprint density at radius 1 is 1.12 bits per heavy atom. The second-order valence-electron chi connectivity index (χ2n) is 7.64. The van der Waals surface area contributed by atoms with Crippen molar-refractivity contribution in [3.8, 4) is 11.5 Å². The lowest BCUT2D eigenvalue weighted by molar-refractivity contribution is -0.156. The number of hydrogen-bond donors (Lipinski definition) is 0. The first kappa shape index (κ1) is 23.0. The summed E-state index contributed by atoms with van der Waals surface area (Å²) in [7, 11) is -4.22. The normalized spacial score (nSPS) is 16.5. The number of sulfonamides is 1. The summed E-state index contributed by atoms with van der Waals surface area (Å²) in [5, 5.41) is 7.90. The van der Waals surface area contributed by atoms with Crippen LogP contribution >= 0.6 is 0 Å². The third-order valence-corrected chi connectivity index (χ3v) is 7.31. The van der Waals surface area contributed by atoms with E-state index in [1.165, 1.54) is 0 Å². The zero-order valence-electron chi connectivity index (χ0n) is 17.6. The molecule has 4 rings (SSSR count). The van der Waals surface area contributed by atoms with Gasteiger partial charge in [0.05, 0.1) is 5.92 Å². The van der Waals surface area contributed by atoms with E-state index in [9.17, 15) is 22.0 Å². The molecule has 1 aromatic heterocycles. The largest absolute Gasteiger partial charge is 0.452 e. The van der Waals surface area contributed by atoms with Crippen LogP contribution in [0, 0.1) is 17.6 Å². The fourth-order valence-electron chi connectivity index (χ4n) is 3.56. The molecule has 1 fully saturated rings. The van der Waals surface area contributed by atoms with Gasteiger partial charge in [0.2, 0.25) is 15.9 Å². The lowest BCUT2D eigenvalue weighted by Gasteiger charge is -2.30. The van der Waals surface area contributed by atoms with Gasteiger partial charge in [0.25, 0.3) is 5.89 Å². The second kappa shape index (κ2) is 9.36. The van der Waals surface area contributed by atoms with Gasteiger partial charge in [0.15, 0.2) is 6.10 Å². The van der Waals surface area contributed by atoms with E-state index >= 15 is 0 Å². The molecule has 8 nitrogen and oxygen atoms in total. The van der Waals surface area contributed by atoms with Crippen molar-refractivity contribution >= 4 is 16.0 Å². The van der Waals surface area contributed by atoms with Gasteiger partial charge in [-0.25, -0.2) is 17.2 Å². The number of aromatic nitrogens is 2. The van der Waals surface area contributed by atoms with E-state index in [1.807, 2.05) is 30.3 Å². The van der Waals surface area contributed by atoms with Crippen LogP contribution in [-0.4, -0.2) is 42.0 Å². The first-order chi connectivity index (χ1) is 15.8. The van der Waals surface area contributed by atoms with Crippen molar-refractivity contribution in [3.05, 3.63) is 66.1 Å². The number of ether oxygens (including phenoxy) is 1. The Kier molecular flexibility index (Phi) is 6.52. The molecule has 2 heterocycles. The van der Waals surface area contributed by atoms with Crippen LogP contribution in [0.1, 0.15) is 31.8 Å². The SMILES string of the molecule is CC(OC(=O)C1CCN(S(=O)(=O)c2cc(F)ccc2F)CC1)c1nnc(-c2ccccc2)o1. The molecule has 1 unspecified atom stereocenters. The van der Waals surface area contributed by atoms with Gasteiger partial charge >= 0.3 is 5.97 Å². The Morgan fingerprint density at radius 3 is 2.52 bits per heavy atom. The van der Waals surface area contributed by atoms with Gasteiger partial charge in [0.1, 0.15) is 16.5 Å². The molecule has 0 saturated carbocycles. The fraction of sp³-hybridized carbons (Fsp3) is 0.318. The highest BCUT2D eigenvalue weighted by molar-refractivity contribution is 7.89. The Labute approximate surface area is 189 Å². The molecule has 0 N–H and O–H groups in total. The summed E-state index contributed by atoms with van der Waals surface area (Å²) in [6.45, 7) is 1.56. The molecular formula is C22H21F2N3O5S. The second-order valence-corrected chi connectivity index (χ2v) is 9.55. The minimum Gasteiger partial charge on any atom is -0.452 e. The van der Waals surface area contributed by atoms with Crippen LogP contribution in [-0.2, 0) is 19.6 Å². The van der Waals surface area contributed by atoms with Crippen molar-refractivity contribution in [2.75, 3.05) is 13.1 Å². The number of hydrogen-bond acceptors (Lipinski definition) is 7. The minimum atomic E-state index is -4.22. The molecule has 3 aromatic rings. The van der Waals surface area contributed by atoms with Crippen molar-refractivity contribution < 1.29 is 31.1 Å². The van der Waals surface area contributed by atoms with E-state index in [1.54, 1.807) is 6.92 Å². The van der Waals surface area contributed by atoms with Gasteiger partial charge in [-0.15, -0.1) is 10.2 Å². The van der Waals surface area contributed by atoms with Crippen LogP contribution < -0.4 is 0 Å². The third-order valence-electron chi connectivity index (χ3n) is 5.40. The molecule has 1 saturated heterocycles. The Hall–Kier alpha value is -3.18. The monoisotopic (exact) mass is 477 g/mol. The number of benzene rings is 2. The lowest BCUT2D eigenvalue weighted by Crippen LogP contribution is -2.41. The molecule has 0 aliphatic carbocycles. The molecule has 2 aromatic carbocycles. The third kappa shape index (κ3) is 4.93. The zero-order valence-corrected chi connectivity index (χ0v) is 18.5. The van der Waals surface area contributed by atoms with Gasteiger partial charge in [0, 0.05) is 18.7 Å². The predicted octanol–water partition coefficient (Wildman–Crippen LogP) is 3.72. The van der Waals surface area contributed by atoms with Crippen LogP contribution in [0.4, 0.5) is 8.78 Å². The summed E-state index contributed by atoms with van der Waals surface area (Å²) in [4.78, 5) is 11.9. The highest BCUT2D eigenvalue weighted by Gasteiger charge is 2.35. The van der Waals surface area contributed by atoms with E-state index < -0.39 is 44.5 Å². The van der Waals surface area contributed by atoms with Crippen LogP contribution in [0.5, 0.6) is 0 Å². The highest BCUT2D eigenvalue weighted by atomic mass is 32.2. The van der Waals surface area contributed by atoms with E-state index in [0.29, 0.717) is 12.0 Å². The Balaban J connectivity index is 1.36. The van der Waals surface area contributed by atoms with E-state index in [0.717, 1.165) is 22.0 Å². The maximum absolute atomic E-state index is 14.0. The first-order valence-corrected chi connectivity index (χ1v) is 11.7. The smallest absolute Gasteiger partial charge is 0.309 e. The summed E-state index contributed by atoms with van der Waals surface area (Å²) in [6.07, 6.45) is -0.424. The van der Waals surface area contributed by atoms with Gasteiger partial charge in [-0.3, -0.25) is 4.79 Å². The van der Waals surface area contributed by atoms with Crippen molar-refractivity contribution in [3.63, 3.8) is 0 Å². The topological polar surface area (TPSA) is 103 Å². The van der Waals surface area contributed by atoms with E-state index in [2.05, 4.69) is 10.2 Å². The predicted molar refractivity (Wildman–Crippen MR) is 112 cm³/mol. The molecular weight excluding hydrogens is 456 g/mol. The number of piperidine rings is 1. The maximum Gasteiger partial charge on any atom is 0.309 e. The number of carbonyl (C=O) groups excluding carboxylic acids is 1. The zero-order chi connectivity index (χ0) is 23.6. The summed E-state index contributed by atoms with van der Waals surface area (Å²) in [5.41, 5.74) is 0.734. The van der Waals surface area contributed by atoms with Crippen molar-refractivity contribution in [2.24, 2.45) is 5.92 Å². The van der Waals surface area contributed by atoms with E-state index in [4.69, 9.17) is 9.15 Å².